The molecule has 1 aromatic heterocycles. The van der Waals surface area contributed by atoms with Crippen LogP contribution in [0.1, 0.15) is 30.5 Å². The number of nitrogens with zero attached hydrogens (tertiary/aromatic N) is 1. The van der Waals surface area contributed by atoms with Crippen molar-refractivity contribution in [1.82, 2.24) is 4.98 Å². The highest BCUT2D eigenvalue weighted by Crippen LogP contribution is 2.19. The first-order chi connectivity index (χ1) is 9.58. The molecule has 3 heteroatoms. The molecule has 0 saturated heterocycles. The first-order valence-corrected chi connectivity index (χ1v) is 6.47. The Labute approximate surface area is 118 Å². The molecule has 0 saturated carbocycles. The summed E-state index contributed by atoms with van der Waals surface area (Å²) in [6.45, 7) is 3.46. The van der Waals surface area contributed by atoms with Crippen LogP contribution in [0.4, 0.5) is 0 Å². The lowest BCUT2D eigenvalue weighted by molar-refractivity contribution is -0.132. The molecule has 0 atom stereocenters. The number of hydrogen-bond donors (Lipinski definition) is 1. The highest BCUT2D eigenvalue weighted by molar-refractivity contribution is 5.95. The fraction of sp³-hybridized carbons (Fsp3) is 0.176. The number of carbonyl (C=O) groups is 1. The van der Waals surface area contributed by atoms with Gasteiger partial charge in [0, 0.05) is 18.0 Å². The van der Waals surface area contributed by atoms with E-state index in [9.17, 15) is 4.79 Å². The van der Waals surface area contributed by atoms with E-state index >= 15 is 0 Å². The van der Waals surface area contributed by atoms with Crippen LogP contribution in [0.15, 0.2) is 54.4 Å². The van der Waals surface area contributed by atoms with Gasteiger partial charge in [0.05, 0.1) is 0 Å². The van der Waals surface area contributed by atoms with Crippen LogP contribution in [0, 0.1) is 0 Å². The number of pyridine rings is 1. The molecule has 1 aromatic carbocycles. The number of carboxylic acids is 1. The molecule has 1 N–H and O–H groups in total. The second kappa shape index (κ2) is 6.15. The first-order valence-electron chi connectivity index (χ1n) is 6.47. The Morgan fingerprint density at radius 1 is 1.10 bits per heavy atom. The van der Waals surface area contributed by atoms with E-state index in [-0.39, 0.29) is 0 Å². The smallest absolute Gasteiger partial charge is 0.331 e. The van der Waals surface area contributed by atoms with Gasteiger partial charge in [0.15, 0.2) is 0 Å². The van der Waals surface area contributed by atoms with Crippen LogP contribution in [0.25, 0.3) is 5.57 Å². The maximum atomic E-state index is 11.0. The van der Waals surface area contributed by atoms with Crippen LogP contribution in [0.5, 0.6) is 0 Å². The van der Waals surface area contributed by atoms with Crippen LogP contribution < -0.4 is 0 Å². The summed E-state index contributed by atoms with van der Waals surface area (Å²) in [5, 5.41) is 9.00. The maximum absolute atomic E-state index is 11.0. The fourth-order valence-electron chi connectivity index (χ4n) is 1.99. The van der Waals surface area contributed by atoms with E-state index in [1.807, 2.05) is 49.5 Å². The minimum atomic E-state index is -0.873. The van der Waals surface area contributed by atoms with Crippen molar-refractivity contribution in [2.24, 2.45) is 0 Å². The van der Waals surface area contributed by atoms with Gasteiger partial charge in [0.25, 0.3) is 0 Å². The van der Waals surface area contributed by atoms with Gasteiger partial charge in [-0.1, -0.05) is 30.3 Å². The fourth-order valence-corrected chi connectivity index (χ4v) is 1.99. The Hall–Kier alpha value is -2.42. The Morgan fingerprint density at radius 2 is 1.80 bits per heavy atom. The number of rotatable bonds is 4. The van der Waals surface area contributed by atoms with Crippen LogP contribution in [-0.2, 0) is 11.2 Å². The van der Waals surface area contributed by atoms with Crippen molar-refractivity contribution >= 4 is 11.5 Å². The number of hydrogen-bond acceptors (Lipinski definition) is 2. The van der Waals surface area contributed by atoms with Gasteiger partial charge in [-0.25, -0.2) is 4.79 Å². The molecule has 102 valence electrons. The third-order valence-corrected chi connectivity index (χ3v) is 3.40. The van der Waals surface area contributed by atoms with E-state index in [4.69, 9.17) is 5.11 Å². The summed E-state index contributed by atoms with van der Waals surface area (Å²) in [6, 6.07) is 12.0. The standard InChI is InChI=1S/C17H17NO2/c1-12(13(2)17(19)20)16-7-5-14(6-8-16)10-15-4-3-9-18-11-15/h3-9,11H,10H2,1-2H3,(H,19,20)/b13-12-. The van der Waals surface area contributed by atoms with Crippen molar-refractivity contribution in [3.63, 3.8) is 0 Å². The SMILES string of the molecule is C/C(C(=O)O)=C(\C)c1ccc(Cc2cccnc2)cc1. The van der Waals surface area contributed by atoms with Gasteiger partial charge < -0.3 is 5.11 Å². The third kappa shape index (κ3) is 3.32. The molecule has 1 heterocycles. The number of carboxylic acid groups (broad SMARTS) is 1. The molecule has 0 fully saturated rings. The third-order valence-electron chi connectivity index (χ3n) is 3.40. The Morgan fingerprint density at radius 3 is 2.35 bits per heavy atom. The van der Waals surface area contributed by atoms with Gasteiger partial charge in [-0.05, 0) is 48.6 Å². The van der Waals surface area contributed by atoms with Gasteiger partial charge in [-0.15, -0.1) is 0 Å². The van der Waals surface area contributed by atoms with Gasteiger partial charge in [0.2, 0.25) is 0 Å². The van der Waals surface area contributed by atoms with Gasteiger partial charge in [-0.2, -0.15) is 0 Å². The minimum Gasteiger partial charge on any atom is -0.478 e. The Kier molecular flexibility index (Phi) is 4.31. The largest absolute Gasteiger partial charge is 0.478 e. The summed E-state index contributed by atoms with van der Waals surface area (Å²) in [6.07, 6.45) is 4.44. The minimum absolute atomic E-state index is 0.380. The molecular formula is C17H17NO2. The molecule has 0 aliphatic carbocycles. The zero-order valence-corrected chi connectivity index (χ0v) is 11.6. The van der Waals surface area contributed by atoms with Crippen molar-refractivity contribution in [3.8, 4) is 0 Å². The van der Waals surface area contributed by atoms with Crippen LogP contribution in [0.3, 0.4) is 0 Å². The maximum Gasteiger partial charge on any atom is 0.331 e. The predicted octanol–water partition coefficient (Wildman–Crippen LogP) is 3.55. The van der Waals surface area contributed by atoms with Crippen LogP contribution in [0.2, 0.25) is 0 Å². The summed E-state index contributed by atoms with van der Waals surface area (Å²) in [5.74, 6) is -0.873. The van der Waals surface area contributed by atoms with Crippen molar-refractivity contribution in [2.45, 2.75) is 20.3 Å². The van der Waals surface area contributed by atoms with Crippen molar-refractivity contribution in [2.75, 3.05) is 0 Å². The van der Waals surface area contributed by atoms with E-state index in [0.29, 0.717) is 5.57 Å². The van der Waals surface area contributed by atoms with E-state index in [2.05, 4.69) is 4.98 Å². The Balaban J connectivity index is 2.19. The second-order valence-electron chi connectivity index (χ2n) is 4.79. The number of allylic oxidation sites excluding steroid dienone is 1. The van der Waals surface area contributed by atoms with E-state index in [1.165, 1.54) is 5.56 Å². The molecule has 0 amide bonds. The first kappa shape index (κ1) is 14.0. The highest BCUT2D eigenvalue weighted by Gasteiger charge is 2.07. The van der Waals surface area contributed by atoms with E-state index in [1.54, 1.807) is 13.1 Å². The normalized spacial score (nSPS) is 11.9. The lowest BCUT2D eigenvalue weighted by atomic mass is 9.99. The Bertz CT molecular complexity index is 628. The van der Waals surface area contributed by atoms with Crippen LogP contribution in [-0.4, -0.2) is 16.1 Å². The molecule has 20 heavy (non-hydrogen) atoms. The molecule has 0 spiro atoms. The van der Waals surface area contributed by atoms with Crippen LogP contribution >= 0.6 is 0 Å². The van der Waals surface area contributed by atoms with Crippen molar-refractivity contribution < 1.29 is 9.90 Å². The molecule has 0 radical (unpaired) electrons. The number of aromatic nitrogens is 1. The molecule has 0 bridgehead atoms. The lowest BCUT2D eigenvalue weighted by Gasteiger charge is -2.07. The predicted molar refractivity (Wildman–Crippen MR) is 79.4 cm³/mol. The average Bonchev–Trinajstić information content (AvgIpc) is 2.47. The quantitative estimate of drug-likeness (QED) is 0.862. The molecule has 0 aliphatic rings. The monoisotopic (exact) mass is 267 g/mol. The van der Waals surface area contributed by atoms with Gasteiger partial charge in [0.1, 0.15) is 0 Å². The summed E-state index contributed by atoms with van der Waals surface area (Å²) < 4.78 is 0. The van der Waals surface area contributed by atoms with Gasteiger partial charge in [-0.3, -0.25) is 4.98 Å². The zero-order valence-electron chi connectivity index (χ0n) is 11.6. The highest BCUT2D eigenvalue weighted by atomic mass is 16.4. The summed E-state index contributed by atoms with van der Waals surface area (Å²) in [5.41, 5.74) is 4.46. The molecule has 2 rings (SSSR count). The number of aliphatic carboxylic acids is 1. The summed E-state index contributed by atoms with van der Waals surface area (Å²) >= 11 is 0. The average molecular weight is 267 g/mol. The molecule has 0 aliphatic heterocycles. The van der Waals surface area contributed by atoms with Crippen molar-refractivity contribution in [3.05, 3.63) is 71.1 Å². The topological polar surface area (TPSA) is 50.2 Å². The summed E-state index contributed by atoms with van der Waals surface area (Å²) in [4.78, 5) is 15.1. The molecule has 2 aromatic rings. The molecular weight excluding hydrogens is 250 g/mol. The second-order valence-corrected chi connectivity index (χ2v) is 4.79. The lowest BCUT2D eigenvalue weighted by Crippen LogP contribution is -1.99. The molecule has 3 nitrogen and oxygen atoms in total. The van der Waals surface area contributed by atoms with Crippen molar-refractivity contribution in [1.29, 1.82) is 0 Å². The zero-order chi connectivity index (χ0) is 14.5. The summed E-state index contributed by atoms with van der Waals surface area (Å²) in [7, 11) is 0. The number of benzene rings is 1. The van der Waals surface area contributed by atoms with Gasteiger partial charge >= 0.3 is 5.97 Å². The molecule has 0 unspecified atom stereocenters. The van der Waals surface area contributed by atoms with E-state index in [0.717, 1.165) is 23.1 Å². The van der Waals surface area contributed by atoms with E-state index < -0.39 is 5.97 Å².